The molecule has 148 valence electrons. The number of hydrogen-bond donors (Lipinski definition) is 2. The third kappa shape index (κ3) is 5.74. The first-order valence-electron chi connectivity index (χ1n) is 9.75. The summed E-state index contributed by atoms with van der Waals surface area (Å²) in [6.45, 7) is 10.1. The molecule has 6 heteroatoms. The van der Waals surface area contributed by atoms with Gasteiger partial charge in [-0.05, 0) is 79.3 Å². The van der Waals surface area contributed by atoms with Gasteiger partial charge in [-0.2, -0.15) is 0 Å². The molecule has 0 radical (unpaired) electrons. The van der Waals surface area contributed by atoms with Crippen LogP contribution in [0, 0.1) is 0 Å². The van der Waals surface area contributed by atoms with E-state index < -0.39 is 0 Å². The zero-order valence-corrected chi connectivity index (χ0v) is 18.3. The summed E-state index contributed by atoms with van der Waals surface area (Å²) >= 11 is 1.83. The van der Waals surface area contributed by atoms with Crippen LogP contribution in [0.2, 0.25) is 0 Å². The molecule has 0 atom stereocenters. The second-order valence-corrected chi connectivity index (χ2v) is 10.4. The van der Waals surface area contributed by atoms with E-state index in [0.29, 0.717) is 6.04 Å². The average Bonchev–Trinajstić information content (AvgIpc) is 2.99. The van der Waals surface area contributed by atoms with Gasteiger partial charge in [0.05, 0.1) is 10.6 Å². The van der Waals surface area contributed by atoms with Crippen LogP contribution in [0.3, 0.4) is 0 Å². The highest BCUT2D eigenvalue weighted by atomic mass is 32.1. The summed E-state index contributed by atoms with van der Waals surface area (Å²) in [6, 6.07) is 6.77. The van der Waals surface area contributed by atoms with Gasteiger partial charge in [0, 0.05) is 34.7 Å². The number of nitrogens with zero attached hydrogens (tertiary/aromatic N) is 3. The second-order valence-electron chi connectivity index (χ2n) is 9.23. The summed E-state index contributed by atoms with van der Waals surface area (Å²) in [5, 5.41) is 7.31. The highest BCUT2D eigenvalue weighted by Gasteiger charge is 2.37. The van der Waals surface area contributed by atoms with Crippen LogP contribution in [0.1, 0.15) is 45.4 Å². The summed E-state index contributed by atoms with van der Waals surface area (Å²) in [5.41, 5.74) is 1.21. The lowest BCUT2D eigenvalue weighted by Gasteiger charge is -2.46. The van der Waals surface area contributed by atoms with E-state index in [2.05, 4.69) is 74.4 Å². The summed E-state index contributed by atoms with van der Waals surface area (Å²) < 4.78 is 0. The second kappa shape index (κ2) is 7.86. The molecule has 2 aromatic heterocycles. The van der Waals surface area contributed by atoms with Gasteiger partial charge < -0.3 is 15.5 Å². The van der Waals surface area contributed by atoms with E-state index >= 15 is 0 Å². The number of piperidine rings is 1. The first kappa shape index (κ1) is 20.2. The van der Waals surface area contributed by atoms with Gasteiger partial charge in [-0.1, -0.05) is 0 Å². The van der Waals surface area contributed by atoms with Gasteiger partial charge in [-0.15, -0.1) is 11.3 Å². The van der Waals surface area contributed by atoms with Crippen molar-refractivity contribution in [3.8, 4) is 10.6 Å². The predicted octanol–water partition coefficient (Wildman–Crippen LogP) is 4.03. The predicted molar refractivity (Wildman–Crippen MR) is 116 cm³/mol. The molecule has 0 spiro atoms. The molecule has 27 heavy (non-hydrogen) atoms. The SMILES string of the molecule is CN(C)CCc1ccc(-c2ccnc(NC3CC(C)(C)NC(C)(C)C3)n2)s1. The van der Waals surface area contributed by atoms with E-state index in [0.717, 1.165) is 37.4 Å². The zero-order chi connectivity index (χ0) is 19.7. The Morgan fingerprint density at radius 2 is 1.85 bits per heavy atom. The lowest BCUT2D eigenvalue weighted by Crippen LogP contribution is -2.60. The molecular weight excluding hydrogens is 354 g/mol. The topological polar surface area (TPSA) is 53.1 Å². The molecular formula is C21H33N5S. The largest absolute Gasteiger partial charge is 0.351 e. The van der Waals surface area contributed by atoms with Crippen molar-refractivity contribution in [3.05, 3.63) is 29.3 Å². The molecule has 3 rings (SSSR count). The van der Waals surface area contributed by atoms with Crippen molar-refractivity contribution in [1.82, 2.24) is 20.2 Å². The Hall–Kier alpha value is -1.50. The van der Waals surface area contributed by atoms with Crippen LogP contribution in [0.4, 0.5) is 5.95 Å². The van der Waals surface area contributed by atoms with E-state index in [1.165, 1.54) is 9.75 Å². The van der Waals surface area contributed by atoms with Crippen molar-refractivity contribution in [2.45, 2.75) is 64.1 Å². The lowest BCUT2D eigenvalue weighted by molar-refractivity contribution is 0.170. The van der Waals surface area contributed by atoms with Crippen LogP contribution in [0.5, 0.6) is 0 Å². The Morgan fingerprint density at radius 3 is 2.52 bits per heavy atom. The monoisotopic (exact) mass is 387 g/mol. The van der Waals surface area contributed by atoms with Gasteiger partial charge >= 0.3 is 0 Å². The molecule has 5 nitrogen and oxygen atoms in total. The molecule has 0 saturated carbocycles. The Kier molecular flexibility index (Phi) is 5.89. The smallest absolute Gasteiger partial charge is 0.223 e. The van der Waals surface area contributed by atoms with Crippen molar-refractivity contribution in [2.24, 2.45) is 0 Å². The number of hydrogen-bond acceptors (Lipinski definition) is 6. The van der Waals surface area contributed by atoms with E-state index in [1.807, 2.05) is 23.6 Å². The lowest BCUT2D eigenvalue weighted by atomic mass is 9.80. The molecule has 1 aliphatic rings. The standard InChI is InChI=1S/C21H33N5S/c1-20(2)13-15(14-21(3,4)25-20)23-19-22-11-9-17(24-19)18-8-7-16(27-18)10-12-26(5)6/h7-9,11,15,25H,10,12-14H2,1-6H3,(H,22,23,24). The minimum absolute atomic E-state index is 0.103. The van der Waals surface area contributed by atoms with Gasteiger partial charge in [0.2, 0.25) is 5.95 Å². The first-order valence-corrected chi connectivity index (χ1v) is 10.6. The van der Waals surface area contributed by atoms with Gasteiger partial charge in [0.15, 0.2) is 0 Å². The van der Waals surface area contributed by atoms with Crippen molar-refractivity contribution >= 4 is 17.3 Å². The average molecular weight is 388 g/mol. The van der Waals surface area contributed by atoms with Gasteiger partial charge in [0.1, 0.15) is 0 Å². The van der Waals surface area contributed by atoms with E-state index in [9.17, 15) is 0 Å². The Labute approximate surface area is 167 Å². The van der Waals surface area contributed by atoms with Crippen LogP contribution in [0.15, 0.2) is 24.4 Å². The van der Waals surface area contributed by atoms with Gasteiger partial charge in [0.25, 0.3) is 0 Å². The number of likely N-dealkylation sites (N-methyl/N-ethyl adjacent to an activating group) is 1. The highest BCUT2D eigenvalue weighted by Crippen LogP contribution is 2.31. The maximum Gasteiger partial charge on any atom is 0.223 e. The summed E-state index contributed by atoms with van der Waals surface area (Å²) in [6.07, 6.45) is 5.05. The third-order valence-corrected chi connectivity index (χ3v) is 6.07. The Bertz CT molecular complexity index is 749. The number of aromatic nitrogens is 2. The summed E-state index contributed by atoms with van der Waals surface area (Å²) in [7, 11) is 4.22. The Balaban J connectivity index is 1.71. The van der Waals surface area contributed by atoms with E-state index in [4.69, 9.17) is 4.98 Å². The molecule has 0 aliphatic carbocycles. The molecule has 1 saturated heterocycles. The zero-order valence-electron chi connectivity index (χ0n) is 17.5. The molecule has 3 heterocycles. The van der Waals surface area contributed by atoms with Crippen molar-refractivity contribution < 1.29 is 0 Å². The maximum absolute atomic E-state index is 4.80. The van der Waals surface area contributed by atoms with Gasteiger partial charge in [-0.3, -0.25) is 0 Å². The molecule has 2 N–H and O–H groups in total. The van der Waals surface area contributed by atoms with Crippen LogP contribution >= 0.6 is 11.3 Å². The number of anilines is 1. The van der Waals surface area contributed by atoms with Gasteiger partial charge in [-0.25, -0.2) is 9.97 Å². The van der Waals surface area contributed by atoms with Crippen LogP contribution in [0.25, 0.3) is 10.6 Å². The molecule has 1 aliphatic heterocycles. The van der Waals surface area contributed by atoms with Crippen LogP contribution < -0.4 is 10.6 Å². The summed E-state index contributed by atoms with van der Waals surface area (Å²) in [5.74, 6) is 0.731. The summed E-state index contributed by atoms with van der Waals surface area (Å²) in [4.78, 5) is 14.1. The number of rotatable bonds is 6. The molecule has 1 fully saturated rings. The maximum atomic E-state index is 4.80. The number of thiophene rings is 1. The van der Waals surface area contributed by atoms with Crippen LogP contribution in [-0.4, -0.2) is 52.6 Å². The van der Waals surface area contributed by atoms with Crippen molar-refractivity contribution in [3.63, 3.8) is 0 Å². The first-order chi connectivity index (χ1) is 12.6. The van der Waals surface area contributed by atoms with Crippen molar-refractivity contribution in [2.75, 3.05) is 26.0 Å². The quantitative estimate of drug-likeness (QED) is 0.784. The van der Waals surface area contributed by atoms with E-state index in [-0.39, 0.29) is 11.1 Å². The molecule has 0 amide bonds. The highest BCUT2D eigenvalue weighted by molar-refractivity contribution is 7.15. The van der Waals surface area contributed by atoms with E-state index in [1.54, 1.807) is 0 Å². The fourth-order valence-electron chi connectivity index (χ4n) is 4.16. The van der Waals surface area contributed by atoms with Crippen LogP contribution in [-0.2, 0) is 6.42 Å². The minimum Gasteiger partial charge on any atom is -0.351 e. The fraction of sp³-hybridized carbons (Fsp3) is 0.619. The molecule has 0 unspecified atom stereocenters. The minimum atomic E-state index is 0.103. The molecule has 0 aromatic carbocycles. The third-order valence-electron chi connectivity index (χ3n) is 4.90. The Morgan fingerprint density at radius 1 is 1.15 bits per heavy atom. The normalized spacial score (nSPS) is 19.4. The number of nitrogens with one attached hydrogen (secondary N) is 2. The fourth-order valence-corrected chi connectivity index (χ4v) is 5.12. The van der Waals surface area contributed by atoms with Crippen molar-refractivity contribution in [1.29, 1.82) is 0 Å². The molecule has 2 aromatic rings. The molecule has 0 bridgehead atoms.